The van der Waals surface area contributed by atoms with Crippen LogP contribution in [-0.4, -0.2) is 5.91 Å². The molecule has 0 atom stereocenters. The summed E-state index contributed by atoms with van der Waals surface area (Å²) in [6.45, 7) is 0.196. The summed E-state index contributed by atoms with van der Waals surface area (Å²) in [7, 11) is 0. The molecule has 0 aliphatic heterocycles. The van der Waals surface area contributed by atoms with Gasteiger partial charge >= 0.3 is 0 Å². The Kier molecular flexibility index (Phi) is 4.64. The molecule has 3 aromatic rings. The lowest BCUT2D eigenvalue weighted by molar-refractivity contribution is -0.133. The summed E-state index contributed by atoms with van der Waals surface area (Å²) in [5.74, 6) is -0.516. The van der Waals surface area contributed by atoms with Crippen LogP contribution in [0.1, 0.15) is 11.1 Å². The molecule has 0 saturated heterocycles. The Morgan fingerprint density at radius 3 is 2.52 bits per heavy atom. The molecule has 0 spiro atoms. The first-order valence-corrected chi connectivity index (χ1v) is 7.34. The minimum Gasteiger partial charge on any atom is -0.272 e. The summed E-state index contributed by atoms with van der Waals surface area (Å²) in [6, 6.07) is 19.8. The summed E-state index contributed by atoms with van der Waals surface area (Å²) < 4.78 is 12.8. The number of nitrogens with one attached hydrogen (secondary N) is 1. The van der Waals surface area contributed by atoms with E-state index in [2.05, 4.69) is 5.48 Å². The van der Waals surface area contributed by atoms with Crippen LogP contribution < -0.4 is 5.48 Å². The van der Waals surface area contributed by atoms with Crippen molar-refractivity contribution in [3.63, 3.8) is 0 Å². The average molecular weight is 309 g/mol. The van der Waals surface area contributed by atoms with Crippen molar-refractivity contribution >= 4 is 16.7 Å². The van der Waals surface area contributed by atoms with E-state index in [-0.39, 0.29) is 24.8 Å². The van der Waals surface area contributed by atoms with E-state index in [1.165, 1.54) is 12.1 Å². The van der Waals surface area contributed by atoms with E-state index >= 15 is 0 Å². The summed E-state index contributed by atoms with van der Waals surface area (Å²) in [4.78, 5) is 17.2. The molecule has 0 saturated carbocycles. The van der Waals surface area contributed by atoms with Crippen LogP contribution in [0.25, 0.3) is 10.8 Å². The SMILES string of the molecule is O=C(Cc1cccc2ccccc12)NOCc1ccc(F)cc1. The number of amides is 1. The molecule has 116 valence electrons. The van der Waals surface area contributed by atoms with Gasteiger partial charge in [-0.15, -0.1) is 0 Å². The maximum atomic E-state index is 12.8. The highest BCUT2D eigenvalue weighted by molar-refractivity contribution is 5.89. The largest absolute Gasteiger partial charge is 0.272 e. The molecule has 4 heteroatoms. The molecule has 0 heterocycles. The standard InChI is InChI=1S/C19H16FNO2/c20-17-10-8-14(9-11-17)13-23-21-19(22)12-16-6-3-5-15-4-1-2-7-18(15)16/h1-11H,12-13H2,(H,21,22). The lowest BCUT2D eigenvalue weighted by atomic mass is 10.0. The fraction of sp³-hybridized carbons (Fsp3) is 0.105. The van der Waals surface area contributed by atoms with E-state index in [0.29, 0.717) is 0 Å². The molecule has 1 N–H and O–H groups in total. The first kappa shape index (κ1) is 15.2. The van der Waals surface area contributed by atoms with Crippen LogP contribution in [0.15, 0.2) is 66.7 Å². The molecule has 0 bridgehead atoms. The molecular formula is C19H16FNO2. The molecule has 0 aliphatic carbocycles. The third kappa shape index (κ3) is 3.93. The molecule has 23 heavy (non-hydrogen) atoms. The fourth-order valence-corrected chi connectivity index (χ4v) is 2.44. The van der Waals surface area contributed by atoms with Crippen molar-refractivity contribution in [1.29, 1.82) is 0 Å². The molecule has 0 aliphatic rings. The van der Waals surface area contributed by atoms with Crippen LogP contribution in [0.4, 0.5) is 4.39 Å². The van der Waals surface area contributed by atoms with E-state index in [9.17, 15) is 9.18 Å². The van der Waals surface area contributed by atoms with E-state index in [4.69, 9.17) is 4.84 Å². The van der Waals surface area contributed by atoms with Crippen LogP contribution in [0.2, 0.25) is 0 Å². The van der Waals surface area contributed by atoms with Gasteiger partial charge in [0, 0.05) is 0 Å². The Hall–Kier alpha value is -2.72. The van der Waals surface area contributed by atoms with Gasteiger partial charge in [0.05, 0.1) is 13.0 Å². The van der Waals surface area contributed by atoms with Crippen molar-refractivity contribution < 1.29 is 14.0 Å². The van der Waals surface area contributed by atoms with Crippen molar-refractivity contribution in [2.75, 3.05) is 0 Å². The second kappa shape index (κ2) is 7.03. The Morgan fingerprint density at radius 1 is 0.957 bits per heavy atom. The third-order valence-electron chi connectivity index (χ3n) is 3.57. The molecule has 0 radical (unpaired) electrons. The Bertz CT molecular complexity index is 810. The summed E-state index contributed by atoms with van der Waals surface area (Å²) >= 11 is 0. The van der Waals surface area contributed by atoms with Gasteiger partial charge < -0.3 is 0 Å². The zero-order chi connectivity index (χ0) is 16.1. The van der Waals surface area contributed by atoms with Crippen molar-refractivity contribution in [3.05, 3.63) is 83.7 Å². The lowest BCUT2D eigenvalue weighted by Crippen LogP contribution is -2.25. The quantitative estimate of drug-likeness (QED) is 0.729. The Morgan fingerprint density at radius 2 is 1.70 bits per heavy atom. The Balaban J connectivity index is 1.57. The highest BCUT2D eigenvalue weighted by atomic mass is 19.1. The molecule has 0 aromatic heterocycles. The average Bonchev–Trinajstić information content (AvgIpc) is 2.57. The van der Waals surface area contributed by atoms with E-state index < -0.39 is 0 Å². The van der Waals surface area contributed by atoms with E-state index in [0.717, 1.165) is 21.9 Å². The van der Waals surface area contributed by atoms with Crippen molar-refractivity contribution in [2.24, 2.45) is 0 Å². The number of rotatable bonds is 5. The maximum Gasteiger partial charge on any atom is 0.247 e. The zero-order valence-corrected chi connectivity index (χ0v) is 12.5. The highest BCUT2D eigenvalue weighted by Crippen LogP contribution is 2.18. The van der Waals surface area contributed by atoms with Gasteiger partial charge in [-0.25, -0.2) is 9.87 Å². The molecule has 3 nitrogen and oxygen atoms in total. The van der Waals surface area contributed by atoms with Gasteiger partial charge in [-0.3, -0.25) is 9.63 Å². The smallest absolute Gasteiger partial charge is 0.247 e. The number of fused-ring (bicyclic) bond motifs is 1. The second-order valence-corrected chi connectivity index (χ2v) is 5.26. The summed E-state index contributed by atoms with van der Waals surface area (Å²) in [5, 5.41) is 2.16. The molecule has 0 fully saturated rings. The lowest BCUT2D eigenvalue weighted by Gasteiger charge is -2.08. The summed E-state index contributed by atoms with van der Waals surface area (Å²) in [5.41, 5.74) is 4.16. The minimum atomic E-state index is -0.297. The first-order valence-electron chi connectivity index (χ1n) is 7.34. The molecule has 3 rings (SSSR count). The predicted octanol–water partition coefficient (Wildman–Crippen LogP) is 3.77. The van der Waals surface area contributed by atoms with Gasteiger partial charge in [-0.1, -0.05) is 54.6 Å². The van der Waals surface area contributed by atoms with Crippen LogP contribution in [0.3, 0.4) is 0 Å². The Labute approximate surface area is 133 Å². The van der Waals surface area contributed by atoms with Crippen molar-refractivity contribution in [3.8, 4) is 0 Å². The normalized spacial score (nSPS) is 10.7. The molecule has 3 aromatic carbocycles. The van der Waals surface area contributed by atoms with Crippen molar-refractivity contribution in [2.45, 2.75) is 13.0 Å². The van der Waals surface area contributed by atoms with Crippen LogP contribution in [0, 0.1) is 5.82 Å². The number of benzene rings is 3. The van der Waals surface area contributed by atoms with Gasteiger partial charge in [0.1, 0.15) is 5.82 Å². The molecular weight excluding hydrogens is 293 g/mol. The topological polar surface area (TPSA) is 38.3 Å². The zero-order valence-electron chi connectivity index (χ0n) is 12.5. The number of carbonyl (C=O) groups is 1. The van der Waals surface area contributed by atoms with Gasteiger partial charge in [0.2, 0.25) is 5.91 Å². The number of hydrogen-bond acceptors (Lipinski definition) is 2. The number of hydrogen-bond donors (Lipinski definition) is 1. The highest BCUT2D eigenvalue weighted by Gasteiger charge is 2.07. The summed E-state index contributed by atoms with van der Waals surface area (Å²) in [6.07, 6.45) is 0.241. The minimum absolute atomic E-state index is 0.196. The van der Waals surface area contributed by atoms with Crippen LogP contribution in [0.5, 0.6) is 0 Å². The second-order valence-electron chi connectivity index (χ2n) is 5.26. The van der Waals surface area contributed by atoms with E-state index in [1.54, 1.807) is 12.1 Å². The van der Waals surface area contributed by atoms with Gasteiger partial charge in [-0.2, -0.15) is 0 Å². The third-order valence-corrected chi connectivity index (χ3v) is 3.57. The monoisotopic (exact) mass is 309 g/mol. The van der Waals surface area contributed by atoms with Crippen LogP contribution in [-0.2, 0) is 22.7 Å². The maximum absolute atomic E-state index is 12.8. The van der Waals surface area contributed by atoms with E-state index in [1.807, 2.05) is 42.5 Å². The molecule has 1 amide bonds. The van der Waals surface area contributed by atoms with Gasteiger partial charge in [0.25, 0.3) is 0 Å². The van der Waals surface area contributed by atoms with Crippen LogP contribution >= 0.6 is 0 Å². The predicted molar refractivity (Wildman–Crippen MR) is 87.0 cm³/mol. The number of carbonyl (C=O) groups excluding carboxylic acids is 1. The van der Waals surface area contributed by atoms with Crippen molar-refractivity contribution in [1.82, 2.24) is 5.48 Å². The fourth-order valence-electron chi connectivity index (χ4n) is 2.44. The number of halogens is 1. The first-order chi connectivity index (χ1) is 11.2. The van der Waals surface area contributed by atoms with Gasteiger partial charge in [0.15, 0.2) is 0 Å². The number of hydroxylamine groups is 1. The van der Waals surface area contributed by atoms with Gasteiger partial charge in [-0.05, 0) is 34.0 Å². The molecule has 0 unspecified atom stereocenters.